The van der Waals surface area contributed by atoms with Crippen molar-refractivity contribution in [2.75, 3.05) is 17.2 Å². The van der Waals surface area contributed by atoms with Crippen LogP contribution in [-0.2, 0) is 16.1 Å². The molecule has 1 heterocycles. The normalized spacial score (nSPS) is 12.0. The number of nitrogens with zero attached hydrogens (tertiary/aromatic N) is 2. The van der Waals surface area contributed by atoms with E-state index in [0.29, 0.717) is 33.7 Å². The Labute approximate surface area is 171 Å². The fraction of sp³-hybridized carbons (Fsp3) is 0.200. The van der Waals surface area contributed by atoms with Crippen LogP contribution in [-0.4, -0.2) is 22.9 Å². The third kappa shape index (κ3) is 5.21. The van der Waals surface area contributed by atoms with Crippen LogP contribution in [0.1, 0.15) is 13.8 Å². The molecule has 0 atom stereocenters. The van der Waals surface area contributed by atoms with Gasteiger partial charge >= 0.3 is 0 Å². The van der Waals surface area contributed by atoms with Gasteiger partial charge in [-0.2, -0.15) is 5.26 Å². The topological polar surface area (TPSA) is 116 Å². The molecule has 0 saturated carbocycles. The van der Waals surface area contributed by atoms with Gasteiger partial charge < -0.3 is 16.0 Å². The van der Waals surface area contributed by atoms with Crippen molar-refractivity contribution in [1.29, 1.82) is 5.26 Å². The van der Waals surface area contributed by atoms with Crippen LogP contribution in [0.5, 0.6) is 0 Å². The van der Waals surface area contributed by atoms with Gasteiger partial charge in [0.2, 0.25) is 5.91 Å². The van der Waals surface area contributed by atoms with Gasteiger partial charge in [-0.25, -0.2) is 0 Å². The number of amides is 2. The first-order chi connectivity index (χ1) is 13.9. The summed E-state index contributed by atoms with van der Waals surface area (Å²) >= 11 is 1.06. The number of anilines is 2. The zero-order chi connectivity index (χ0) is 21.4. The number of carbonyl (C=O) groups excluding carboxylic acids is 2. The molecule has 9 heteroatoms. The van der Waals surface area contributed by atoms with Gasteiger partial charge in [-0.15, -0.1) is 11.3 Å². The van der Waals surface area contributed by atoms with E-state index in [2.05, 4.69) is 22.5 Å². The summed E-state index contributed by atoms with van der Waals surface area (Å²) in [5, 5.41) is 17.7. The highest BCUT2D eigenvalue weighted by molar-refractivity contribution is 7.07. The smallest absolute Gasteiger partial charge is 0.270 e. The summed E-state index contributed by atoms with van der Waals surface area (Å²) in [4.78, 5) is 36.2. The van der Waals surface area contributed by atoms with Crippen molar-refractivity contribution >= 4 is 46.3 Å². The second kappa shape index (κ2) is 10.1. The Balaban J connectivity index is 2.47. The van der Waals surface area contributed by atoms with Gasteiger partial charge in [-0.05, 0) is 38.1 Å². The molecular weight excluding hydrogens is 390 g/mol. The van der Waals surface area contributed by atoms with Crippen molar-refractivity contribution in [2.45, 2.75) is 20.4 Å². The molecule has 0 unspecified atom stereocenters. The van der Waals surface area contributed by atoms with Crippen LogP contribution < -0.4 is 30.7 Å². The predicted molar refractivity (Wildman–Crippen MR) is 115 cm³/mol. The van der Waals surface area contributed by atoms with Crippen molar-refractivity contribution < 1.29 is 9.59 Å². The Bertz CT molecular complexity index is 1150. The Morgan fingerprint density at radius 1 is 1.31 bits per heavy atom. The number of thiazole rings is 1. The van der Waals surface area contributed by atoms with E-state index in [-0.39, 0.29) is 17.0 Å². The number of nitriles is 1. The number of rotatable bonds is 7. The number of aromatic nitrogens is 1. The molecule has 0 bridgehead atoms. The molecule has 0 saturated heterocycles. The molecule has 2 rings (SSSR count). The first-order valence-corrected chi connectivity index (χ1v) is 9.69. The third-order valence-corrected chi connectivity index (χ3v) is 4.93. The SMILES string of the molecule is C=CC(=O)Nc1cccc(N/C=c2/s/c(=C(/C#N)C(=O)NCC)n(CC)c2=O)c1. The first kappa shape index (κ1) is 21.7. The second-order valence-electron chi connectivity index (χ2n) is 5.73. The van der Waals surface area contributed by atoms with E-state index in [9.17, 15) is 19.6 Å². The lowest BCUT2D eigenvalue weighted by Crippen LogP contribution is -2.34. The maximum atomic E-state index is 12.7. The van der Waals surface area contributed by atoms with E-state index < -0.39 is 5.91 Å². The molecule has 0 aliphatic heterocycles. The Morgan fingerprint density at radius 2 is 2.03 bits per heavy atom. The largest absolute Gasteiger partial charge is 0.360 e. The average Bonchev–Trinajstić information content (AvgIpc) is 3.02. The molecule has 0 aliphatic rings. The standard InChI is InChI=1S/C20H21N5O3S/c1-4-17(26)24-14-9-7-8-13(10-14)23-12-16-19(28)25(6-3)20(29-16)15(11-21)18(27)22-5-2/h4,7-10,12,23H,1,5-6H2,2-3H3,(H,22,27)(H,24,26)/b16-12+,20-15-. The molecule has 1 aromatic carbocycles. The van der Waals surface area contributed by atoms with E-state index in [1.807, 2.05) is 6.07 Å². The van der Waals surface area contributed by atoms with Crippen molar-refractivity contribution in [1.82, 2.24) is 9.88 Å². The van der Waals surface area contributed by atoms with Crippen LogP contribution in [0, 0.1) is 11.3 Å². The highest BCUT2D eigenvalue weighted by Gasteiger charge is 2.14. The molecule has 150 valence electrons. The van der Waals surface area contributed by atoms with Crippen LogP contribution in [0.3, 0.4) is 0 Å². The van der Waals surface area contributed by atoms with Crippen LogP contribution in [0.2, 0.25) is 0 Å². The minimum atomic E-state index is -0.511. The lowest BCUT2D eigenvalue weighted by Gasteiger charge is -2.05. The molecular formula is C20H21N5O3S. The summed E-state index contributed by atoms with van der Waals surface area (Å²) in [5.41, 5.74) is 0.831. The van der Waals surface area contributed by atoms with Crippen LogP contribution in [0.15, 0.2) is 41.7 Å². The molecule has 0 aliphatic carbocycles. The predicted octanol–water partition coefficient (Wildman–Crippen LogP) is 0.715. The zero-order valence-electron chi connectivity index (χ0n) is 16.1. The van der Waals surface area contributed by atoms with Gasteiger partial charge in [0.25, 0.3) is 11.5 Å². The van der Waals surface area contributed by atoms with Crippen molar-refractivity contribution in [3.63, 3.8) is 0 Å². The van der Waals surface area contributed by atoms with Gasteiger partial charge in [0, 0.05) is 30.7 Å². The molecule has 0 spiro atoms. The van der Waals surface area contributed by atoms with Gasteiger partial charge in [0.1, 0.15) is 15.3 Å². The maximum absolute atomic E-state index is 12.7. The Morgan fingerprint density at radius 3 is 2.66 bits per heavy atom. The van der Waals surface area contributed by atoms with Gasteiger partial charge in [0.05, 0.1) is 0 Å². The number of hydrogen-bond acceptors (Lipinski definition) is 6. The highest BCUT2D eigenvalue weighted by Crippen LogP contribution is 2.15. The van der Waals surface area contributed by atoms with Crippen molar-refractivity contribution in [3.05, 3.63) is 56.5 Å². The lowest BCUT2D eigenvalue weighted by atomic mass is 10.2. The first-order valence-electron chi connectivity index (χ1n) is 8.87. The fourth-order valence-corrected chi connectivity index (χ4v) is 3.55. The molecule has 2 aromatic rings. The molecule has 2 amide bonds. The second-order valence-corrected chi connectivity index (χ2v) is 6.76. The summed E-state index contributed by atoms with van der Waals surface area (Å²) in [7, 11) is 0. The fourth-order valence-electron chi connectivity index (χ4n) is 2.47. The van der Waals surface area contributed by atoms with Gasteiger partial charge in [-0.3, -0.25) is 19.0 Å². The number of carbonyl (C=O) groups is 2. The molecule has 1 aromatic heterocycles. The average molecular weight is 411 g/mol. The van der Waals surface area contributed by atoms with E-state index in [0.717, 1.165) is 11.3 Å². The molecule has 29 heavy (non-hydrogen) atoms. The van der Waals surface area contributed by atoms with E-state index in [1.165, 1.54) is 16.8 Å². The molecule has 0 radical (unpaired) electrons. The summed E-state index contributed by atoms with van der Waals surface area (Å²) in [5.74, 6) is -0.839. The third-order valence-electron chi connectivity index (χ3n) is 3.80. The summed E-state index contributed by atoms with van der Waals surface area (Å²) in [6.07, 6.45) is 2.69. The van der Waals surface area contributed by atoms with Crippen LogP contribution in [0.25, 0.3) is 11.8 Å². The van der Waals surface area contributed by atoms with Crippen molar-refractivity contribution in [3.8, 4) is 6.07 Å². The minimum Gasteiger partial charge on any atom is -0.360 e. The number of nitrogens with one attached hydrogen (secondary N) is 3. The Hall–Kier alpha value is -3.64. The van der Waals surface area contributed by atoms with Crippen LogP contribution >= 0.6 is 11.3 Å². The lowest BCUT2D eigenvalue weighted by molar-refractivity contribution is -0.115. The minimum absolute atomic E-state index is 0.0930. The number of benzene rings is 1. The monoisotopic (exact) mass is 411 g/mol. The van der Waals surface area contributed by atoms with E-state index in [1.54, 1.807) is 38.1 Å². The van der Waals surface area contributed by atoms with Crippen LogP contribution in [0.4, 0.5) is 11.4 Å². The van der Waals surface area contributed by atoms with Crippen molar-refractivity contribution in [2.24, 2.45) is 0 Å². The molecule has 3 N–H and O–H groups in total. The quantitative estimate of drug-likeness (QED) is 0.581. The summed E-state index contributed by atoms with van der Waals surface area (Å²) in [6, 6.07) is 8.84. The maximum Gasteiger partial charge on any atom is 0.270 e. The van der Waals surface area contributed by atoms with E-state index >= 15 is 0 Å². The summed E-state index contributed by atoms with van der Waals surface area (Å²) in [6.45, 7) is 7.64. The Kier molecular flexibility index (Phi) is 7.51. The highest BCUT2D eigenvalue weighted by atomic mass is 32.1. The summed E-state index contributed by atoms with van der Waals surface area (Å²) < 4.78 is 2.05. The van der Waals surface area contributed by atoms with Gasteiger partial charge in [-0.1, -0.05) is 12.6 Å². The van der Waals surface area contributed by atoms with E-state index in [4.69, 9.17) is 0 Å². The molecule has 0 fully saturated rings. The number of hydrogen-bond donors (Lipinski definition) is 3. The molecule has 8 nitrogen and oxygen atoms in total. The van der Waals surface area contributed by atoms with Gasteiger partial charge in [0.15, 0.2) is 5.57 Å². The zero-order valence-corrected chi connectivity index (χ0v) is 16.9.